The minimum absolute atomic E-state index is 0.0677. The predicted octanol–water partition coefficient (Wildman–Crippen LogP) is 3.72. The van der Waals surface area contributed by atoms with E-state index in [-0.39, 0.29) is 23.7 Å². The van der Waals surface area contributed by atoms with E-state index in [2.05, 4.69) is 10.3 Å². The third-order valence-corrected chi connectivity index (χ3v) is 9.01. The van der Waals surface area contributed by atoms with Crippen molar-refractivity contribution in [1.29, 1.82) is 0 Å². The summed E-state index contributed by atoms with van der Waals surface area (Å²) in [5.41, 5.74) is 3.49. The van der Waals surface area contributed by atoms with Crippen LogP contribution in [0.4, 0.5) is 5.69 Å². The van der Waals surface area contributed by atoms with Gasteiger partial charge < -0.3 is 10.1 Å². The SMILES string of the molecule is Cc1nc2cc(-c3ccc(N4CCCS4(=O)=O)cc3)cc(O[C@H](C)[C@H]3CNC(=O)C3)c2s1. The molecule has 0 aliphatic carbocycles. The van der Waals surface area contributed by atoms with Crippen molar-refractivity contribution in [3.05, 3.63) is 41.4 Å². The monoisotopic (exact) mass is 471 g/mol. The fourth-order valence-electron chi connectivity index (χ4n) is 4.37. The number of hydrogen-bond acceptors (Lipinski definition) is 6. The number of nitrogens with zero attached hydrogens (tertiary/aromatic N) is 2. The molecule has 2 fully saturated rings. The quantitative estimate of drug-likeness (QED) is 0.613. The van der Waals surface area contributed by atoms with Crippen molar-refractivity contribution < 1.29 is 17.9 Å². The minimum Gasteiger partial charge on any atom is -0.489 e. The van der Waals surface area contributed by atoms with Crippen LogP contribution < -0.4 is 14.4 Å². The molecule has 2 aromatic carbocycles. The zero-order chi connectivity index (χ0) is 22.5. The number of thiazole rings is 1. The summed E-state index contributed by atoms with van der Waals surface area (Å²) in [5.74, 6) is 1.17. The zero-order valence-electron chi connectivity index (χ0n) is 18.0. The standard InChI is InChI=1S/C23H25N3O4S2/c1-14(18-12-22(27)24-13-18)30-21-11-17(10-20-23(21)31-15(2)25-20)16-4-6-19(7-5-16)26-8-3-9-32(26,28)29/h4-7,10-11,14,18H,3,8-9,12-13H2,1-2H3,(H,24,27)/t14-,18-/m1/s1. The summed E-state index contributed by atoms with van der Waals surface area (Å²) in [5, 5.41) is 3.83. The van der Waals surface area contributed by atoms with E-state index in [0.717, 1.165) is 32.1 Å². The van der Waals surface area contributed by atoms with Crippen LogP contribution in [0.15, 0.2) is 36.4 Å². The Morgan fingerprint density at radius 1 is 1.22 bits per heavy atom. The molecule has 0 bridgehead atoms. The molecule has 5 rings (SSSR count). The highest BCUT2D eigenvalue weighted by Gasteiger charge is 2.29. The number of rotatable bonds is 5. The van der Waals surface area contributed by atoms with Gasteiger partial charge >= 0.3 is 0 Å². The van der Waals surface area contributed by atoms with Gasteiger partial charge in [0.15, 0.2) is 0 Å². The normalized spacial score (nSPS) is 21.1. The molecule has 0 unspecified atom stereocenters. The molecule has 2 aliphatic heterocycles. The van der Waals surface area contributed by atoms with Gasteiger partial charge in [0, 0.05) is 25.4 Å². The second-order valence-electron chi connectivity index (χ2n) is 8.44. The summed E-state index contributed by atoms with van der Waals surface area (Å²) >= 11 is 1.59. The number of ether oxygens (including phenoxy) is 1. The van der Waals surface area contributed by atoms with E-state index >= 15 is 0 Å². The summed E-state index contributed by atoms with van der Waals surface area (Å²) in [6.07, 6.45) is 1.02. The van der Waals surface area contributed by atoms with Gasteiger partial charge in [-0.05, 0) is 55.7 Å². The number of carbonyl (C=O) groups is 1. The van der Waals surface area contributed by atoms with Gasteiger partial charge in [0.1, 0.15) is 11.9 Å². The number of anilines is 1. The molecule has 1 amide bonds. The number of fused-ring (bicyclic) bond motifs is 1. The van der Waals surface area contributed by atoms with Gasteiger partial charge in [-0.25, -0.2) is 13.4 Å². The van der Waals surface area contributed by atoms with Gasteiger partial charge in [-0.2, -0.15) is 0 Å². The summed E-state index contributed by atoms with van der Waals surface area (Å²) < 4.78 is 33.3. The molecule has 1 aromatic heterocycles. The summed E-state index contributed by atoms with van der Waals surface area (Å²) in [4.78, 5) is 16.3. The van der Waals surface area contributed by atoms with Crippen LogP contribution in [0.5, 0.6) is 5.75 Å². The highest BCUT2D eigenvalue weighted by Crippen LogP contribution is 2.38. The van der Waals surface area contributed by atoms with Crippen LogP contribution in [0, 0.1) is 12.8 Å². The molecular weight excluding hydrogens is 446 g/mol. The Bertz CT molecular complexity index is 1280. The van der Waals surface area contributed by atoms with E-state index in [0.29, 0.717) is 31.6 Å². The van der Waals surface area contributed by atoms with Crippen LogP contribution in [-0.4, -0.2) is 44.3 Å². The van der Waals surface area contributed by atoms with Crippen LogP contribution in [0.25, 0.3) is 21.3 Å². The molecule has 168 valence electrons. The van der Waals surface area contributed by atoms with Crippen molar-refractivity contribution in [1.82, 2.24) is 10.3 Å². The second kappa shape index (κ2) is 8.04. The zero-order valence-corrected chi connectivity index (χ0v) is 19.6. The van der Waals surface area contributed by atoms with Crippen molar-refractivity contribution in [3.8, 4) is 16.9 Å². The smallest absolute Gasteiger partial charge is 0.235 e. The average Bonchev–Trinajstić information content (AvgIpc) is 3.45. The Labute approximate surface area is 191 Å². The number of benzene rings is 2. The van der Waals surface area contributed by atoms with E-state index in [1.807, 2.05) is 50.2 Å². The Morgan fingerprint density at radius 2 is 2.00 bits per heavy atom. The molecule has 3 aromatic rings. The van der Waals surface area contributed by atoms with Crippen LogP contribution in [0.1, 0.15) is 24.8 Å². The lowest BCUT2D eigenvalue weighted by atomic mass is 10.0. The molecule has 0 spiro atoms. The first-order valence-corrected chi connectivity index (χ1v) is 13.2. The molecule has 2 atom stereocenters. The first-order valence-electron chi connectivity index (χ1n) is 10.8. The predicted molar refractivity (Wildman–Crippen MR) is 127 cm³/mol. The number of hydrogen-bond donors (Lipinski definition) is 1. The average molecular weight is 472 g/mol. The van der Waals surface area contributed by atoms with Crippen molar-refractivity contribution in [2.24, 2.45) is 5.92 Å². The largest absolute Gasteiger partial charge is 0.489 e. The lowest BCUT2D eigenvalue weighted by Gasteiger charge is -2.20. The number of carbonyl (C=O) groups excluding carboxylic acids is 1. The fourth-order valence-corrected chi connectivity index (χ4v) is 6.79. The number of nitrogens with one attached hydrogen (secondary N) is 1. The van der Waals surface area contributed by atoms with Crippen LogP contribution in [0.2, 0.25) is 0 Å². The van der Waals surface area contributed by atoms with Gasteiger partial charge in [-0.15, -0.1) is 11.3 Å². The second-order valence-corrected chi connectivity index (χ2v) is 11.7. The fraction of sp³-hybridized carbons (Fsp3) is 0.391. The highest BCUT2D eigenvalue weighted by molar-refractivity contribution is 7.93. The van der Waals surface area contributed by atoms with E-state index in [1.54, 1.807) is 11.3 Å². The Morgan fingerprint density at radius 3 is 2.66 bits per heavy atom. The maximum Gasteiger partial charge on any atom is 0.235 e. The molecular formula is C23H25N3O4S2. The topological polar surface area (TPSA) is 88.6 Å². The first kappa shape index (κ1) is 21.2. The van der Waals surface area contributed by atoms with Crippen molar-refractivity contribution >= 4 is 43.2 Å². The number of amides is 1. The number of sulfonamides is 1. The van der Waals surface area contributed by atoms with Crippen LogP contribution >= 0.6 is 11.3 Å². The Hall–Kier alpha value is -2.65. The Kier molecular flexibility index (Phi) is 5.33. The lowest BCUT2D eigenvalue weighted by Crippen LogP contribution is -2.25. The molecule has 3 heterocycles. The number of aryl methyl sites for hydroxylation is 1. The minimum atomic E-state index is -3.20. The molecule has 0 radical (unpaired) electrons. The maximum atomic E-state index is 12.2. The van der Waals surface area contributed by atoms with E-state index in [9.17, 15) is 13.2 Å². The lowest BCUT2D eigenvalue weighted by molar-refractivity contribution is -0.119. The van der Waals surface area contributed by atoms with Gasteiger partial charge in [-0.3, -0.25) is 9.10 Å². The Balaban J connectivity index is 1.47. The highest BCUT2D eigenvalue weighted by atomic mass is 32.2. The van der Waals surface area contributed by atoms with E-state index in [1.165, 1.54) is 4.31 Å². The van der Waals surface area contributed by atoms with Crippen LogP contribution in [0.3, 0.4) is 0 Å². The molecule has 2 aliphatic rings. The molecule has 1 N–H and O–H groups in total. The van der Waals surface area contributed by atoms with Crippen molar-refractivity contribution in [3.63, 3.8) is 0 Å². The van der Waals surface area contributed by atoms with Gasteiger partial charge in [0.05, 0.1) is 26.7 Å². The van der Waals surface area contributed by atoms with Crippen LogP contribution in [-0.2, 0) is 14.8 Å². The van der Waals surface area contributed by atoms with E-state index < -0.39 is 10.0 Å². The third kappa shape index (κ3) is 3.95. The molecule has 2 saturated heterocycles. The molecule has 32 heavy (non-hydrogen) atoms. The number of aromatic nitrogens is 1. The summed E-state index contributed by atoms with van der Waals surface area (Å²) in [6.45, 7) is 5.14. The van der Waals surface area contributed by atoms with Crippen molar-refractivity contribution in [2.75, 3.05) is 23.1 Å². The molecule has 7 nitrogen and oxygen atoms in total. The molecule has 9 heteroatoms. The third-order valence-electron chi connectivity index (χ3n) is 6.14. The first-order chi connectivity index (χ1) is 15.3. The summed E-state index contributed by atoms with van der Waals surface area (Å²) in [7, 11) is -3.20. The summed E-state index contributed by atoms with van der Waals surface area (Å²) in [6, 6.07) is 11.6. The van der Waals surface area contributed by atoms with Gasteiger partial charge in [0.25, 0.3) is 0 Å². The van der Waals surface area contributed by atoms with Crippen molar-refractivity contribution in [2.45, 2.75) is 32.8 Å². The maximum absolute atomic E-state index is 12.2. The van der Waals surface area contributed by atoms with Gasteiger partial charge in [0.2, 0.25) is 15.9 Å². The van der Waals surface area contributed by atoms with Gasteiger partial charge in [-0.1, -0.05) is 12.1 Å². The molecule has 0 saturated carbocycles. The van der Waals surface area contributed by atoms with E-state index in [4.69, 9.17) is 4.74 Å².